The standard InChI is InChI=1S/C20H26N2O4S/c1-15-6-5-7-16(12-15)14-21-20(23)11-8-17-13-18(9-10-19(17)26-4)27(24,25)22(2)3/h5-7,9-10,12-13H,8,11,14H2,1-4H3,(H,21,23). The zero-order valence-electron chi connectivity index (χ0n) is 16.2. The number of rotatable bonds is 8. The number of sulfonamides is 1. The van der Waals surface area contributed by atoms with Gasteiger partial charge in [0.25, 0.3) is 0 Å². The lowest BCUT2D eigenvalue weighted by Gasteiger charge is -2.14. The van der Waals surface area contributed by atoms with Crippen LogP contribution in [0.15, 0.2) is 47.4 Å². The van der Waals surface area contributed by atoms with Crippen molar-refractivity contribution in [3.05, 3.63) is 59.2 Å². The van der Waals surface area contributed by atoms with E-state index in [0.717, 1.165) is 15.4 Å². The Morgan fingerprint density at radius 2 is 1.89 bits per heavy atom. The maximum absolute atomic E-state index is 12.3. The monoisotopic (exact) mass is 390 g/mol. The van der Waals surface area contributed by atoms with Crippen LogP contribution in [0.25, 0.3) is 0 Å². The van der Waals surface area contributed by atoms with Gasteiger partial charge in [0.05, 0.1) is 12.0 Å². The number of hydrogen-bond acceptors (Lipinski definition) is 4. The molecule has 1 N–H and O–H groups in total. The lowest BCUT2D eigenvalue weighted by Crippen LogP contribution is -2.23. The van der Waals surface area contributed by atoms with Crippen LogP contribution in [-0.4, -0.2) is 39.8 Å². The quantitative estimate of drug-likeness (QED) is 0.751. The Hall–Kier alpha value is -2.38. The van der Waals surface area contributed by atoms with Crippen LogP contribution in [0.4, 0.5) is 0 Å². The summed E-state index contributed by atoms with van der Waals surface area (Å²) in [5, 5.41) is 2.89. The molecule has 6 nitrogen and oxygen atoms in total. The van der Waals surface area contributed by atoms with Gasteiger partial charge in [-0.2, -0.15) is 0 Å². The molecule has 0 atom stereocenters. The first-order chi connectivity index (χ1) is 12.7. The fourth-order valence-electron chi connectivity index (χ4n) is 2.68. The number of nitrogens with one attached hydrogen (secondary N) is 1. The Labute approximate surface area is 161 Å². The highest BCUT2D eigenvalue weighted by Gasteiger charge is 2.19. The molecule has 0 unspecified atom stereocenters. The third kappa shape index (κ3) is 5.55. The van der Waals surface area contributed by atoms with Gasteiger partial charge in [-0.1, -0.05) is 29.8 Å². The molecule has 0 fully saturated rings. The third-order valence-electron chi connectivity index (χ3n) is 4.22. The van der Waals surface area contributed by atoms with E-state index in [1.54, 1.807) is 12.1 Å². The Kier molecular flexibility index (Phi) is 6.98. The van der Waals surface area contributed by atoms with Crippen LogP contribution in [-0.2, 0) is 27.8 Å². The molecule has 27 heavy (non-hydrogen) atoms. The maximum atomic E-state index is 12.3. The zero-order chi connectivity index (χ0) is 20.0. The predicted molar refractivity (Wildman–Crippen MR) is 105 cm³/mol. The average Bonchev–Trinajstić information content (AvgIpc) is 2.64. The second-order valence-electron chi connectivity index (χ2n) is 6.53. The van der Waals surface area contributed by atoms with Crippen LogP contribution in [0, 0.1) is 6.92 Å². The van der Waals surface area contributed by atoms with E-state index >= 15 is 0 Å². The van der Waals surface area contributed by atoms with Crippen molar-refractivity contribution in [2.45, 2.75) is 31.2 Å². The molecule has 0 heterocycles. The van der Waals surface area contributed by atoms with E-state index in [1.165, 1.54) is 27.3 Å². The number of methoxy groups -OCH3 is 1. The number of amides is 1. The molecule has 0 aliphatic rings. The number of nitrogens with zero attached hydrogens (tertiary/aromatic N) is 1. The molecule has 0 radical (unpaired) electrons. The van der Waals surface area contributed by atoms with Crippen molar-refractivity contribution >= 4 is 15.9 Å². The van der Waals surface area contributed by atoms with Gasteiger partial charge in [-0.15, -0.1) is 0 Å². The number of benzene rings is 2. The topological polar surface area (TPSA) is 75.7 Å². The summed E-state index contributed by atoms with van der Waals surface area (Å²) in [5.74, 6) is 0.471. The van der Waals surface area contributed by atoms with E-state index in [1.807, 2.05) is 31.2 Å². The molecule has 2 aromatic carbocycles. The van der Waals surface area contributed by atoms with Gasteiger partial charge >= 0.3 is 0 Å². The highest BCUT2D eigenvalue weighted by molar-refractivity contribution is 7.89. The minimum atomic E-state index is -3.54. The number of hydrogen-bond donors (Lipinski definition) is 1. The number of carbonyl (C=O) groups is 1. The highest BCUT2D eigenvalue weighted by atomic mass is 32.2. The van der Waals surface area contributed by atoms with Crippen LogP contribution < -0.4 is 10.1 Å². The Balaban J connectivity index is 2.04. The van der Waals surface area contributed by atoms with Gasteiger partial charge < -0.3 is 10.1 Å². The minimum Gasteiger partial charge on any atom is -0.496 e. The van der Waals surface area contributed by atoms with Crippen LogP contribution >= 0.6 is 0 Å². The zero-order valence-corrected chi connectivity index (χ0v) is 17.0. The van der Waals surface area contributed by atoms with Gasteiger partial charge in [0.2, 0.25) is 15.9 Å². The summed E-state index contributed by atoms with van der Waals surface area (Å²) in [6.45, 7) is 2.47. The molecule has 1 amide bonds. The van der Waals surface area contributed by atoms with Crippen LogP contribution in [0.2, 0.25) is 0 Å². The number of ether oxygens (including phenoxy) is 1. The molecule has 0 bridgehead atoms. The van der Waals surface area contributed by atoms with Crippen LogP contribution in [0.5, 0.6) is 5.75 Å². The Morgan fingerprint density at radius 3 is 2.52 bits per heavy atom. The van der Waals surface area contributed by atoms with Gasteiger partial charge in [0, 0.05) is 27.1 Å². The van der Waals surface area contributed by atoms with E-state index in [-0.39, 0.29) is 17.2 Å². The molecule has 0 spiro atoms. The van der Waals surface area contributed by atoms with Crippen LogP contribution in [0.3, 0.4) is 0 Å². The smallest absolute Gasteiger partial charge is 0.242 e. The average molecular weight is 391 g/mol. The lowest BCUT2D eigenvalue weighted by atomic mass is 10.1. The fraction of sp³-hybridized carbons (Fsp3) is 0.350. The van der Waals surface area contributed by atoms with Gasteiger partial charge in [-0.05, 0) is 42.7 Å². The predicted octanol–water partition coefficient (Wildman–Crippen LogP) is 2.50. The largest absolute Gasteiger partial charge is 0.496 e. The summed E-state index contributed by atoms with van der Waals surface area (Å²) in [6.07, 6.45) is 0.632. The summed E-state index contributed by atoms with van der Waals surface area (Å²) in [4.78, 5) is 12.4. The van der Waals surface area contributed by atoms with Crippen molar-refractivity contribution in [3.63, 3.8) is 0 Å². The summed E-state index contributed by atoms with van der Waals surface area (Å²) < 4.78 is 31.1. The molecule has 0 aliphatic carbocycles. The van der Waals surface area contributed by atoms with Gasteiger partial charge in [-0.25, -0.2) is 12.7 Å². The van der Waals surface area contributed by atoms with E-state index in [9.17, 15) is 13.2 Å². The molecule has 0 saturated heterocycles. The lowest BCUT2D eigenvalue weighted by molar-refractivity contribution is -0.121. The van der Waals surface area contributed by atoms with Crippen molar-refractivity contribution in [1.29, 1.82) is 0 Å². The molecule has 2 rings (SSSR count). The van der Waals surface area contributed by atoms with Gasteiger partial charge in [-0.3, -0.25) is 4.79 Å². The first-order valence-electron chi connectivity index (χ1n) is 8.65. The van der Waals surface area contributed by atoms with E-state index in [0.29, 0.717) is 24.3 Å². The van der Waals surface area contributed by atoms with Crippen molar-refractivity contribution in [3.8, 4) is 5.75 Å². The second kappa shape index (κ2) is 9.01. The molecule has 0 aliphatic heterocycles. The Morgan fingerprint density at radius 1 is 1.15 bits per heavy atom. The maximum Gasteiger partial charge on any atom is 0.242 e. The Bertz CT molecular complexity index is 908. The van der Waals surface area contributed by atoms with Gasteiger partial charge in [0.1, 0.15) is 5.75 Å². The second-order valence-corrected chi connectivity index (χ2v) is 8.68. The van der Waals surface area contributed by atoms with Gasteiger partial charge in [0.15, 0.2) is 0 Å². The molecular formula is C20H26N2O4S. The summed E-state index contributed by atoms with van der Waals surface area (Å²) in [7, 11) is 0.957. The fourth-order valence-corrected chi connectivity index (χ4v) is 3.63. The first kappa shape index (κ1) is 20.9. The number of carbonyl (C=O) groups excluding carboxylic acids is 1. The van der Waals surface area contributed by atoms with E-state index in [4.69, 9.17) is 4.74 Å². The van der Waals surface area contributed by atoms with E-state index in [2.05, 4.69) is 5.32 Å². The first-order valence-corrected chi connectivity index (χ1v) is 10.1. The molecule has 0 saturated carbocycles. The van der Waals surface area contributed by atoms with Crippen molar-refractivity contribution < 1.29 is 17.9 Å². The normalized spacial score (nSPS) is 11.4. The third-order valence-corrected chi connectivity index (χ3v) is 6.04. The minimum absolute atomic E-state index is 0.0978. The summed E-state index contributed by atoms with van der Waals surface area (Å²) in [5.41, 5.74) is 2.87. The summed E-state index contributed by atoms with van der Waals surface area (Å²) in [6, 6.07) is 12.7. The molecule has 146 valence electrons. The molecule has 2 aromatic rings. The van der Waals surface area contributed by atoms with Crippen molar-refractivity contribution in [2.75, 3.05) is 21.2 Å². The van der Waals surface area contributed by atoms with Crippen molar-refractivity contribution in [2.24, 2.45) is 0 Å². The summed E-state index contributed by atoms with van der Waals surface area (Å²) >= 11 is 0. The molecule has 0 aromatic heterocycles. The van der Waals surface area contributed by atoms with Crippen LogP contribution in [0.1, 0.15) is 23.1 Å². The highest BCUT2D eigenvalue weighted by Crippen LogP contribution is 2.25. The van der Waals surface area contributed by atoms with Crippen molar-refractivity contribution in [1.82, 2.24) is 9.62 Å². The SMILES string of the molecule is COc1ccc(S(=O)(=O)N(C)C)cc1CCC(=O)NCc1cccc(C)c1. The van der Waals surface area contributed by atoms with E-state index < -0.39 is 10.0 Å². The molecule has 7 heteroatoms. The number of aryl methyl sites for hydroxylation is 2. The molecular weight excluding hydrogens is 364 g/mol.